The highest BCUT2D eigenvalue weighted by molar-refractivity contribution is 7.99. The zero-order chi connectivity index (χ0) is 15.5. The van der Waals surface area contributed by atoms with Crippen molar-refractivity contribution in [1.82, 2.24) is 5.32 Å². The molecule has 0 amide bonds. The van der Waals surface area contributed by atoms with Gasteiger partial charge in [-0.1, -0.05) is 35.5 Å². The van der Waals surface area contributed by atoms with Gasteiger partial charge in [0.25, 0.3) is 0 Å². The van der Waals surface area contributed by atoms with Crippen molar-refractivity contribution >= 4 is 11.8 Å². The summed E-state index contributed by atoms with van der Waals surface area (Å²) in [7, 11) is 0. The fraction of sp³-hybridized carbons (Fsp3) is 0.368. The van der Waals surface area contributed by atoms with Gasteiger partial charge in [-0.2, -0.15) is 0 Å². The number of hydrogen-bond acceptors (Lipinski definition) is 2. The average molecular weight is 315 g/mol. The van der Waals surface area contributed by atoms with E-state index in [4.69, 9.17) is 0 Å². The van der Waals surface area contributed by atoms with Crippen LogP contribution in [-0.2, 0) is 0 Å². The lowest BCUT2D eigenvalue weighted by molar-refractivity contribution is 0.456. The molecule has 1 heterocycles. The molecule has 0 spiro atoms. The second-order valence-corrected chi connectivity index (χ2v) is 7.11. The lowest BCUT2D eigenvalue weighted by atomic mass is 9.89. The molecule has 1 aliphatic heterocycles. The van der Waals surface area contributed by atoms with E-state index in [0.717, 1.165) is 23.5 Å². The third-order valence-corrected chi connectivity index (χ3v) is 5.64. The Labute approximate surface area is 136 Å². The van der Waals surface area contributed by atoms with Crippen LogP contribution >= 0.6 is 11.8 Å². The summed E-state index contributed by atoms with van der Waals surface area (Å²) in [5, 5.41) is 3.43. The van der Waals surface area contributed by atoms with Crippen LogP contribution in [0.3, 0.4) is 0 Å². The Hall–Kier alpha value is -1.32. The van der Waals surface area contributed by atoms with Crippen LogP contribution in [0.25, 0.3) is 0 Å². The Balaban J connectivity index is 1.94. The summed E-state index contributed by atoms with van der Waals surface area (Å²) in [6, 6.07) is 12.0. The van der Waals surface area contributed by atoms with Crippen LogP contribution in [0.5, 0.6) is 0 Å². The molecule has 3 heteroatoms. The van der Waals surface area contributed by atoms with Crippen LogP contribution in [0.2, 0.25) is 0 Å². The van der Waals surface area contributed by atoms with Gasteiger partial charge in [-0.3, -0.25) is 0 Å². The quantitative estimate of drug-likeness (QED) is 0.849. The maximum absolute atomic E-state index is 13.8. The summed E-state index contributed by atoms with van der Waals surface area (Å²) in [5.74, 6) is 0.484. The first-order valence-corrected chi connectivity index (χ1v) is 8.71. The Bertz CT molecular complexity index is 662. The molecule has 3 rings (SSSR count). The Morgan fingerprint density at radius 1 is 1.05 bits per heavy atom. The Morgan fingerprint density at radius 3 is 2.59 bits per heavy atom. The van der Waals surface area contributed by atoms with Crippen molar-refractivity contribution < 1.29 is 4.39 Å². The van der Waals surface area contributed by atoms with E-state index in [9.17, 15) is 4.39 Å². The summed E-state index contributed by atoms with van der Waals surface area (Å²) in [6.45, 7) is 6.17. The maximum Gasteiger partial charge on any atom is 0.127 e. The first-order chi connectivity index (χ1) is 10.6. The maximum atomic E-state index is 13.8. The molecule has 1 N–H and O–H groups in total. The van der Waals surface area contributed by atoms with Gasteiger partial charge in [-0.25, -0.2) is 4.39 Å². The Kier molecular flexibility index (Phi) is 4.84. The van der Waals surface area contributed by atoms with E-state index in [1.54, 1.807) is 17.8 Å². The molecule has 0 atom stereocenters. The van der Waals surface area contributed by atoms with E-state index in [1.165, 1.54) is 34.9 Å². The molecule has 0 aromatic heterocycles. The van der Waals surface area contributed by atoms with Crippen molar-refractivity contribution in [1.29, 1.82) is 0 Å². The first kappa shape index (κ1) is 15.6. The average Bonchev–Trinajstić information content (AvgIpc) is 2.54. The molecule has 116 valence electrons. The molecule has 1 nitrogen and oxygen atoms in total. The summed E-state index contributed by atoms with van der Waals surface area (Å²) in [4.78, 5) is 2.28. The molecule has 22 heavy (non-hydrogen) atoms. The van der Waals surface area contributed by atoms with Gasteiger partial charge in [0.1, 0.15) is 5.82 Å². The fourth-order valence-electron chi connectivity index (χ4n) is 3.03. The monoisotopic (exact) mass is 315 g/mol. The number of rotatable bonds is 3. The van der Waals surface area contributed by atoms with Crippen molar-refractivity contribution in [3.05, 3.63) is 58.9 Å². The number of halogens is 1. The number of hydrogen-bond donors (Lipinski definition) is 1. The van der Waals surface area contributed by atoms with Crippen LogP contribution in [0.4, 0.5) is 4.39 Å². The highest BCUT2D eigenvalue weighted by atomic mass is 32.2. The van der Waals surface area contributed by atoms with Gasteiger partial charge < -0.3 is 5.32 Å². The van der Waals surface area contributed by atoms with Crippen LogP contribution in [-0.4, -0.2) is 13.1 Å². The zero-order valence-electron chi connectivity index (χ0n) is 13.2. The zero-order valence-corrected chi connectivity index (χ0v) is 14.0. The van der Waals surface area contributed by atoms with Crippen molar-refractivity contribution in [3.63, 3.8) is 0 Å². The lowest BCUT2D eigenvalue weighted by Gasteiger charge is -2.25. The minimum absolute atomic E-state index is 0.125. The molecular weight excluding hydrogens is 293 g/mol. The number of benzene rings is 2. The van der Waals surface area contributed by atoms with E-state index in [0.29, 0.717) is 5.92 Å². The third-order valence-electron chi connectivity index (χ3n) is 4.38. The molecule has 0 unspecified atom stereocenters. The fourth-order valence-corrected chi connectivity index (χ4v) is 4.14. The number of aryl methyl sites for hydroxylation is 1. The van der Waals surface area contributed by atoms with Gasteiger partial charge in [-0.15, -0.1) is 0 Å². The largest absolute Gasteiger partial charge is 0.317 e. The van der Waals surface area contributed by atoms with Crippen molar-refractivity contribution in [2.24, 2.45) is 0 Å². The van der Waals surface area contributed by atoms with Gasteiger partial charge in [0.15, 0.2) is 0 Å². The van der Waals surface area contributed by atoms with Crippen LogP contribution in [0, 0.1) is 19.7 Å². The van der Waals surface area contributed by atoms with Gasteiger partial charge in [0.05, 0.1) is 0 Å². The number of nitrogens with one attached hydrogen (secondary N) is 1. The number of piperidine rings is 1. The van der Waals surface area contributed by atoms with E-state index in [1.807, 2.05) is 13.0 Å². The molecule has 1 fully saturated rings. The molecular formula is C19H22FNS. The lowest BCUT2D eigenvalue weighted by Crippen LogP contribution is -2.26. The predicted molar refractivity (Wildman–Crippen MR) is 91.3 cm³/mol. The van der Waals surface area contributed by atoms with E-state index in [-0.39, 0.29) is 5.82 Å². The SMILES string of the molecule is Cc1ccc(Sc2cccc(F)c2C)c(C2CCNCC2)c1. The van der Waals surface area contributed by atoms with E-state index < -0.39 is 0 Å². The van der Waals surface area contributed by atoms with Gasteiger partial charge >= 0.3 is 0 Å². The molecule has 0 saturated carbocycles. The second kappa shape index (κ2) is 6.84. The minimum atomic E-state index is -0.125. The normalized spacial score (nSPS) is 16.0. The summed E-state index contributed by atoms with van der Waals surface area (Å²) in [5.41, 5.74) is 3.47. The molecule has 2 aromatic carbocycles. The summed E-state index contributed by atoms with van der Waals surface area (Å²) < 4.78 is 13.8. The highest BCUT2D eigenvalue weighted by Gasteiger charge is 2.19. The van der Waals surface area contributed by atoms with Gasteiger partial charge in [-0.05, 0) is 75.0 Å². The molecule has 2 aromatic rings. The second-order valence-electron chi connectivity index (χ2n) is 6.03. The molecule has 0 aliphatic carbocycles. The Morgan fingerprint density at radius 2 is 1.82 bits per heavy atom. The summed E-state index contributed by atoms with van der Waals surface area (Å²) >= 11 is 1.70. The third kappa shape index (κ3) is 3.36. The van der Waals surface area contributed by atoms with Crippen molar-refractivity contribution in [2.75, 3.05) is 13.1 Å². The van der Waals surface area contributed by atoms with Crippen LogP contribution in [0.1, 0.15) is 35.4 Å². The standard InChI is InChI=1S/C19H22FNS/c1-13-6-7-19(16(12-13)15-8-10-21-11-9-15)22-18-5-3-4-17(20)14(18)2/h3-7,12,15,21H,8-11H2,1-2H3. The van der Waals surface area contributed by atoms with Crippen LogP contribution in [0.15, 0.2) is 46.2 Å². The molecule has 0 radical (unpaired) electrons. The molecule has 1 aliphatic rings. The van der Waals surface area contributed by atoms with Crippen molar-refractivity contribution in [3.8, 4) is 0 Å². The highest BCUT2D eigenvalue weighted by Crippen LogP contribution is 2.39. The van der Waals surface area contributed by atoms with Crippen molar-refractivity contribution in [2.45, 2.75) is 42.4 Å². The van der Waals surface area contributed by atoms with E-state index >= 15 is 0 Å². The predicted octanol–water partition coefficient (Wildman–Crippen LogP) is 5.06. The smallest absolute Gasteiger partial charge is 0.127 e. The molecule has 0 bridgehead atoms. The van der Waals surface area contributed by atoms with Gasteiger partial charge in [0.2, 0.25) is 0 Å². The minimum Gasteiger partial charge on any atom is -0.317 e. The molecule has 1 saturated heterocycles. The van der Waals surface area contributed by atoms with Crippen LogP contribution < -0.4 is 5.32 Å². The van der Waals surface area contributed by atoms with Gasteiger partial charge in [0, 0.05) is 9.79 Å². The van der Waals surface area contributed by atoms with E-state index in [2.05, 4.69) is 30.4 Å². The first-order valence-electron chi connectivity index (χ1n) is 7.89. The topological polar surface area (TPSA) is 12.0 Å². The summed E-state index contributed by atoms with van der Waals surface area (Å²) in [6.07, 6.45) is 2.36.